The van der Waals surface area contributed by atoms with Gasteiger partial charge in [0.25, 0.3) is 0 Å². The van der Waals surface area contributed by atoms with E-state index in [0.717, 1.165) is 0 Å². The smallest absolute Gasteiger partial charge is 0.0114 e. The van der Waals surface area contributed by atoms with Gasteiger partial charge in [-0.2, -0.15) is 0 Å². The summed E-state index contributed by atoms with van der Waals surface area (Å²) >= 11 is 0. The number of hydrogen-bond donors (Lipinski definition) is 0. The molecule has 316 valence electrons. The minimum Gasteiger partial charge on any atom is -0.0447 e. The maximum atomic E-state index is 2.29. The van der Waals surface area contributed by atoms with E-state index in [-0.39, 0.29) is 0 Å². The Morgan fingerprint density at radius 2 is 0.138 bits per heavy atom. The summed E-state index contributed by atoms with van der Waals surface area (Å²) in [5.74, 6) is 0. The molecule has 0 aliphatic rings. The molecular weight excluding hydrogens is 697 g/mol. The molecule has 0 unspecified atom stereocenters. The molecule has 0 bridgehead atoms. The van der Waals surface area contributed by atoms with Crippen molar-refractivity contribution in [2.75, 3.05) is 0 Å². The molecule has 5 rings (SSSR count). The summed E-state index contributed by atoms with van der Waals surface area (Å²) < 4.78 is 0. The van der Waals surface area contributed by atoms with Gasteiger partial charge in [0.05, 0.1) is 0 Å². The van der Waals surface area contributed by atoms with Crippen LogP contribution in [0.3, 0.4) is 0 Å². The Kier molecular flexibility index (Phi) is 16.8. The third-order valence-corrected chi connectivity index (χ3v) is 16.4. The highest BCUT2D eigenvalue weighted by atomic mass is 14.2. The van der Waals surface area contributed by atoms with Crippen LogP contribution in [0, 0.1) is 194 Å². The van der Waals surface area contributed by atoms with E-state index in [1.54, 1.807) is 0 Å². The van der Waals surface area contributed by atoms with Gasteiger partial charge in [-0.15, -0.1) is 0 Å². The van der Waals surface area contributed by atoms with E-state index in [1.807, 2.05) is 0 Å². The third-order valence-electron chi connectivity index (χ3n) is 16.4. The number of hydrogen-bond acceptors (Lipinski definition) is 0. The van der Waals surface area contributed by atoms with Crippen molar-refractivity contribution in [1.29, 1.82) is 0 Å². The van der Waals surface area contributed by atoms with E-state index < -0.39 is 0 Å². The van der Waals surface area contributed by atoms with Gasteiger partial charge in [0.1, 0.15) is 0 Å². The predicted molar refractivity (Wildman–Crippen MR) is 264 cm³/mol. The first kappa shape index (κ1) is 50.2. The van der Waals surface area contributed by atoms with Gasteiger partial charge in [-0.1, -0.05) is 0 Å². The van der Waals surface area contributed by atoms with E-state index in [1.165, 1.54) is 167 Å². The Labute approximate surface area is 359 Å². The van der Waals surface area contributed by atoms with E-state index in [9.17, 15) is 0 Å². The summed E-state index contributed by atoms with van der Waals surface area (Å²) in [6.45, 7) is 62.5. The highest BCUT2D eigenvalue weighted by Gasteiger charge is 2.20. The maximum Gasteiger partial charge on any atom is -0.0114 e. The van der Waals surface area contributed by atoms with Gasteiger partial charge in [0.15, 0.2) is 0 Å². The highest BCUT2D eigenvalue weighted by Crippen LogP contribution is 2.40. The van der Waals surface area contributed by atoms with Crippen molar-refractivity contribution < 1.29 is 0 Å². The SMILES string of the molecule is Cc1c(C)c(C)c(-c2c(C)c(C)c(C)c(C)c2C)c(C)c1C.Cc1c(C)c(C)c(C)c(C)c1C.Cc1c(C)c(C)c(C)c(C)c1C.Cc1c(C)c(C)c(C)c(C)c1C. The summed E-state index contributed by atoms with van der Waals surface area (Å²) in [6.07, 6.45) is 0. The van der Waals surface area contributed by atoms with Crippen molar-refractivity contribution in [2.45, 2.75) is 194 Å². The zero-order valence-corrected chi connectivity index (χ0v) is 43.0. The second-order valence-corrected chi connectivity index (χ2v) is 18.2. The first-order chi connectivity index (χ1) is 26.5. The van der Waals surface area contributed by atoms with Crippen molar-refractivity contribution in [3.63, 3.8) is 0 Å². The molecule has 0 aliphatic carbocycles. The maximum absolute atomic E-state index is 2.29. The van der Waals surface area contributed by atoms with Crippen molar-refractivity contribution in [3.8, 4) is 11.1 Å². The largest absolute Gasteiger partial charge is 0.0447 e. The Balaban J connectivity index is 0.000000280. The average Bonchev–Trinajstić information content (AvgIpc) is 3.21. The predicted octanol–water partition coefficient (Wildman–Crippen LogP) is 17.0. The summed E-state index contributed by atoms with van der Waals surface area (Å²) in [5, 5.41) is 0. The molecule has 0 fully saturated rings. The number of benzene rings is 5. The fourth-order valence-electron chi connectivity index (χ4n) is 8.81. The van der Waals surface area contributed by atoms with Gasteiger partial charge in [0, 0.05) is 0 Å². The topological polar surface area (TPSA) is 0 Å². The molecule has 0 heteroatoms. The van der Waals surface area contributed by atoms with Crippen LogP contribution in [0.15, 0.2) is 0 Å². The van der Waals surface area contributed by atoms with Gasteiger partial charge in [-0.3, -0.25) is 0 Å². The molecule has 0 N–H and O–H groups in total. The third kappa shape index (κ3) is 9.43. The normalized spacial score (nSPS) is 10.8. The van der Waals surface area contributed by atoms with Gasteiger partial charge in [-0.05, 0) is 361 Å². The minimum atomic E-state index is 1.44. The van der Waals surface area contributed by atoms with Crippen LogP contribution in [-0.2, 0) is 0 Å². The molecule has 0 saturated heterocycles. The molecule has 0 radical (unpaired) electrons. The van der Waals surface area contributed by atoms with Gasteiger partial charge < -0.3 is 0 Å². The van der Waals surface area contributed by atoms with Gasteiger partial charge in [-0.25, -0.2) is 0 Å². The van der Waals surface area contributed by atoms with Gasteiger partial charge in [0.2, 0.25) is 0 Å². The summed E-state index contributed by atoms with van der Waals surface area (Å²) in [6, 6.07) is 0. The minimum absolute atomic E-state index is 1.44. The second-order valence-electron chi connectivity index (χ2n) is 18.2. The first-order valence-electron chi connectivity index (χ1n) is 21.8. The van der Waals surface area contributed by atoms with Crippen LogP contribution >= 0.6 is 0 Å². The molecule has 0 atom stereocenters. The van der Waals surface area contributed by atoms with Crippen LogP contribution < -0.4 is 0 Å². The zero-order valence-electron chi connectivity index (χ0n) is 43.0. The molecule has 5 aromatic rings. The monoisotopic (exact) mass is 781 g/mol. The van der Waals surface area contributed by atoms with E-state index in [0.29, 0.717) is 0 Å². The standard InChI is InChI=1S/C22H30.3C12H18/c1-11-13(3)17(7)21(18(8)14(11)4)22-19(9)15(5)12(2)16(6)20(22)10;3*1-7-8(2)10(4)12(6)11(5)9(7)3/h1-10H3;3*1-6H3. The van der Waals surface area contributed by atoms with Crippen LogP contribution in [0.1, 0.15) is 156 Å². The van der Waals surface area contributed by atoms with Gasteiger partial charge >= 0.3 is 0 Å². The lowest BCUT2D eigenvalue weighted by atomic mass is 9.80. The quantitative estimate of drug-likeness (QED) is 0.159. The molecule has 5 aromatic carbocycles. The van der Waals surface area contributed by atoms with Crippen molar-refractivity contribution in [2.24, 2.45) is 0 Å². The van der Waals surface area contributed by atoms with E-state index in [4.69, 9.17) is 0 Å². The molecule has 0 aromatic heterocycles. The summed E-state index contributed by atoms with van der Waals surface area (Å²) in [7, 11) is 0. The number of rotatable bonds is 1. The lowest BCUT2D eigenvalue weighted by molar-refractivity contribution is 1.13. The fraction of sp³-hybridized carbons (Fsp3) is 0.483. The van der Waals surface area contributed by atoms with Crippen molar-refractivity contribution in [1.82, 2.24) is 0 Å². The fourth-order valence-corrected chi connectivity index (χ4v) is 8.81. The van der Waals surface area contributed by atoms with Crippen LogP contribution in [0.25, 0.3) is 11.1 Å². The second kappa shape index (κ2) is 19.4. The Morgan fingerprint density at radius 3 is 0.207 bits per heavy atom. The van der Waals surface area contributed by atoms with Crippen LogP contribution in [0.5, 0.6) is 0 Å². The molecule has 0 nitrogen and oxygen atoms in total. The van der Waals surface area contributed by atoms with Crippen molar-refractivity contribution in [3.05, 3.63) is 156 Å². The molecule has 0 spiro atoms. The van der Waals surface area contributed by atoms with E-state index in [2.05, 4.69) is 194 Å². The Hall–Kier alpha value is -3.90. The zero-order chi connectivity index (χ0) is 45.3. The Bertz CT molecular complexity index is 1780. The molecule has 58 heavy (non-hydrogen) atoms. The summed E-state index contributed by atoms with van der Waals surface area (Å²) in [5.41, 5.74) is 43.5. The molecule has 0 amide bonds. The lowest BCUT2D eigenvalue weighted by Crippen LogP contribution is -2.05. The molecule has 0 aliphatic heterocycles. The Morgan fingerprint density at radius 1 is 0.0862 bits per heavy atom. The van der Waals surface area contributed by atoms with Crippen LogP contribution in [0.2, 0.25) is 0 Å². The van der Waals surface area contributed by atoms with Crippen LogP contribution in [-0.4, -0.2) is 0 Å². The van der Waals surface area contributed by atoms with Crippen molar-refractivity contribution >= 4 is 0 Å². The molecule has 0 saturated carbocycles. The average molecular weight is 781 g/mol. The van der Waals surface area contributed by atoms with E-state index >= 15 is 0 Å². The summed E-state index contributed by atoms with van der Waals surface area (Å²) in [4.78, 5) is 0. The highest BCUT2D eigenvalue weighted by molar-refractivity contribution is 5.81. The molecule has 0 heterocycles. The first-order valence-corrected chi connectivity index (χ1v) is 21.8. The lowest BCUT2D eigenvalue weighted by Gasteiger charge is -2.25. The molecular formula is C58H84. The van der Waals surface area contributed by atoms with Crippen LogP contribution in [0.4, 0.5) is 0 Å².